The molecule has 0 saturated heterocycles. The molecule has 0 fully saturated rings. The summed E-state index contributed by atoms with van der Waals surface area (Å²) in [6.07, 6.45) is 27.7. The number of carbonyl (C=O) groups is 1. The molecule has 0 aromatic heterocycles. The Hall–Kier alpha value is -1.57. The monoisotopic (exact) mass is 304 g/mol. The molecular formula is C20H32O2. The summed E-state index contributed by atoms with van der Waals surface area (Å²) in [5.41, 5.74) is 0. The molecule has 2 heteroatoms. The van der Waals surface area contributed by atoms with Crippen LogP contribution in [0.5, 0.6) is 0 Å². The molecule has 0 rings (SSSR count). The maximum absolute atomic E-state index is 10.2. The lowest BCUT2D eigenvalue weighted by Crippen LogP contribution is -1.84. The minimum atomic E-state index is -0.922. The van der Waals surface area contributed by atoms with Gasteiger partial charge in [-0.3, -0.25) is 0 Å². The van der Waals surface area contributed by atoms with Crippen molar-refractivity contribution in [2.75, 3.05) is 0 Å². The first kappa shape index (κ1) is 20.4. The molecule has 22 heavy (non-hydrogen) atoms. The molecule has 0 aliphatic carbocycles. The fraction of sp³-hybridized carbons (Fsp3) is 0.550. The Morgan fingerprint density at radius 1 is 0.727 bits per heavy atom. The fourth-order valence-electron chi connectivity index (χ4n) is 2.14. The molecule has 0 spiro atoms. The van der Waals surface area contributed by atoms with Crippen LogP contribution in [0.1, 0.15) is 71.1 Å². The Bertz CT molecular complexity index is 362. The normalized spacial score (nSPS) is 12.4. The van der Waals surface area contributed by atoms with E-state index in [9.17, 15) is 4.79 Å². The highest BCUT2D eigenvalue weighted by molar-refractivity contribution is 5.80. The second-order valence-corrected chi connectivity index (χ2v) is 5.51. The minimum absolute atomic E-state index is 0.922. The second kappa shape index (κ2) is 17.5. The molecule has 0 aromatic rings. The first-order valence-electron chi connectivity index (χ1n) is 8.67. The topological polar surface area (TPSA) is 37.3 Å². The van der Waals surface area contributed by atoms with Crippen LogP contribution < -0.4 is 0 Å². The van der Waals surface area contributed by atoms with E-state index >= 15 is 0 Å². The van der Waals surface area contributed by atoms with E-state index in [1.165, 1.54) is 63.9 Å². The Morgan fingerprint density at radius 3 is 1.82 bits per heavy atom. The highest BCUT2D eigenvalue weighted by Gasteiger charge is 1.90. The summed E-state index contributed by atoms with van der Waals surface area (Å²) in [6.45, 7) is 2.26. The van der Waals surface area contributed by atoms with Gasteiger partial charge in [-0.05, 0) is 12.8 Å². The van der Waals surface area contributed by atoms with E-state index in [0.717, 1.165) is 12.5 Å². The molecule has 0 radical (unpaired) electrons. The van der Waals surface area contributed by atoms with Crippen LogP contribution in [0.3, 0.4) is 0 Å². The number of carboxylic acid groups (broad SMARTS) is 1. The molecule has 0 saturated carbocycles. The SMILES string of the molecule is CCCCCCCCCCC\C=C/C=C/C=C\C=C/C(=O)O. The largest absolute Gasteiger partial charge is 0.478 e. The Labute approximate surface area is 136 Å². The average Bonchev–Trinajstić information content (AvgIpc) is 2.50. The second-order valence-electron chi connectivity index (χ2n) is 5.51. The van der Waals surface area contributed by atoms with Crippen molar-refractivity contribution in [3.8, 4) is 0 Å². The summed E-state index contributed by atoms with van der Waals surface area (Å²) in [5, 5.41) is 8.39. The van der Waals surface area contributed by atoms with Crippen LogP contribution in [-0.4, -0.2) is 11.1 Å². The Kier molecular flexibility index (Phi) is 16.2. The van der Waals surface area contributed by atoms with Gasteiger partial charge in [0.1, 0.15) is 0 Å². The Morgan fingerprint density at radius 2 is 1.23 bits per heavy atom. The summed E-state index contributed by atoms with van der Waals surface area (Å²) in [7, 11) is 0. The zero-order chi connectivity index (χ0) is 16.3. The lowest BCUT2D eigenvalue weighted by molar-refractivity contribution is -0.131. The number of hydrogen-bond acceptors (Lipinski definition) is 1. The smallest absolute Gasteiger partial charge is 0.328 e. The van der Waals surface area contributed by atoms with Gasteiger partial charge in [0, 0.05) is 6.08 Å². The molecule has 0 atom stereocenters. The van der Waals surface area contributed by atoms with Crippen molar-refractivity contribution in [3.63, 3.8) is 0 Å². The van der Waals surface area contributed by atoms with Gasteiger partial charge < -0.3 is 5.11 Å². The number of carboxylic acids is 1. The third-order valence-corrected chi connectivity index (χ3v) is 3.40. The van der Waals surface area contributed by atoms with Gasteiger partial charge in [-0.25, -0.2) is 4.79 Å². The van der Waals surface area contributed by atoms with Gasteiger partial charge >= 0.3 is 5.97 Å². The fourth-order valence-corrected chi connectivity index (χ4v) is 2.14. The van der Waals surface area contributed by atoms with Crippen LogP contribution in [-0.2, 0) is 4.79 Å². The molecule has 0 bridgehead atoms. The van der Waals surface area contributed by atoms with Crippen LogP contribution in [0, 0.1) is 0 Å². The molecule has 0 aliphatic heterocycles. The van der Waals surface area contributed by atoms with Crippen molar-refractivity contribution in [1.82, 2.24) is 0 Å². The third-order valence-electron chi connectivity index (χ3n) is 3.40. The highest BCUT2D eigenvalue weighted by Crippen LogP contribution is 2.10. The maximum atomic E-state index is 10.2. The number of allylic oxidation sites excluding steroid dienone is 7. The van der Waals surface area contributed by atoms with E-state index in [1.54, 1.807) is 6.08 Å². The number of aliphatic carboxylic acids is 1. The van der Waals surface area contributed by atoms with E-state index in [-0.39, 0.29) is 0 Å². The van der Waals surface area contributed by atoms with Crippen molar-refractivity contribution >= 4 is 5.97 Å². The minimum Gasteiger partial charge on any atom is -0.478 e. The molecule has 0 unspecified atom stereocenters. The number of rotatable bonds is 14. The predicted octanol–water partition coefficient (Wildman–Crippen LogP) is 6.22. The van der Waals surface area contributed by atoms with Crippen molar-refractivity contribution in [3.05, 3.63) is 48.6 Å². The van der Waals surface area contributed by atoms with Crippen LogP contribution in [0.15, 0.2) is 48.6 Å². The van der Waals surface area contributed by atoms with Gasteiger partial charge in [-0.1, -0.05) is 101 Å². The number of hydrogen-bond donors (Lipinski definition) is 1. The van der Waals surface area contributed by atoms with E-state index in [0.29, 0.717) is 0 Å². The molecule has 0 amide bonds. The van der Waals surface area contributed by atoms with E-state index in [2.05, 4.69) is 19.1 Å². The zero-order valence-electron chi connectivity index (χ0n) is 14.0. The van der Waals surface area contributed by atoms with Crippen molar-refractivity contribution in [2.45, 2.75) is 71.1 Å². The summed E-state index contributed by atoms with van der Waals surface area (Å²) in [4.78, 5) is 10.2. The molecular weight excluding hydrogens is 272 g/mol. The summed E-state index contributed by atoms with van der Waals surface area (Å²) >= 11 is 0. The molecule has 0 aliphatic rings. The summed E-state index contributed by atoms with van der Waals surface area (Å²) in [6, 6.07) is 0. The van der Waals surface area contributed by atoms with Crippen LogP contribution in [0.25, 0.3) is 0 Å². The van der Waals surface area contributed by atoms with Crippen LogP contribution >= 0.6 is 0 Å². The highest BCUT2D eigenvalue weighted by atomic mass is 16.4. The zero-order valence-corrected chi connectivity index (χ0v) is 14.0. The standard InChI is InChI=1S/C20H32O2/c1-2-3-4-5-6-7-8-9-10-11-12-13-14-15-16-17-18-19-20(21)22/h12-19H,2-11H2,1H3,(H,21,22)/b13-12-,15-14+,17-16-,19-18-. The molecule has 0 aromatic carbocycles. The maximum Gasteiger partial charge on any atom is 0.328 e. The molecule has 0 heterocycles. The average molecular weight is 304 g/mol. The van der Waals surface area contributed by atoms with Crippen LogP contribution in [0.4, 0.5) is 0 Å². The van der Waals surface area contributed by atoms with Crippen molar-refractivity contribution in [1.29, 1.82) is 0 Å². The summed E-state index contributed by atoms with van der Waals surface area (Å²) < 4.78 is 0. The van der Waals surface area contributed by atoms with Gasteiger partial charge in [0.25, 0.3) is 0 Å². The number of unbranched alkanes of at least 4 members (excludes halogenated alkanes) is 9. The van der Waals surface area contributed by atoms with E-state index < -0.39 is 5.97 Å². The first-order chi connectivity index (χ1) is 10.8. The van der Waals surface area contributed by atoms with Gasteiger partial charge in [0.2, 0.25) is 0 Å². The lowest BCUT2D eigenvalue weighted by atomic mass is 10.1. The van der Waals surface area contributed by atoms with Crippen molar-refractivity contribution in [2.24, 2.45) is 0 Å². The van der Waals surface area contributed by atoms with Gasteiger partial charge in [-0.15, -0.1) is 0 Å². The van der Waals surface area contributed by atoms with E-state index in [1.807, 2.05) is 18.2 Å². The van der Waals surface area contributed by atoms with E-state index in [4.69, 9.17) is 5.11 Å². The first-order valence-corrected chi connectivity index (χ1v) is 8.67. The molecule has 1 N–H and O–H groups in total. The quantitative estimate of drug-likeness (QED) is 0.235. The lowest BCUT2D eigenvalue weighted by Gasteiger charge is -2.00. The van der Waals surface area contributed by atoms with Gasteiger partial charge in [-0.2, -0.15) is 0 Å². The van der Waals surface area contributed by atoms with Gasteiger partial charge in [0.05, 0.1) is 0 Å². The predicted molar refractivity (Wildman–Crippen MR) is 96.0 cm³/mol. The molecule has 2 nitrogen and oxygen atoms in total. The summed E-state index contributed by atoms with van der Waals surface area (Å²) in [5.74, 6) is -0.922. The van der Waals surface area contributed by atoms with Gasteiger partial charge in [0.15, 0.2) is 0 Å². The Balaban J connectivity index is 3.35. The third kappa shape index (κ3) is 18.4. The van der Waals surface area contributed by atoms with Crippen molar-refractivity contribution < 1.29 is 9.90 Å². The molecule has 124 valence electrons. The van der Waals surface area contributed by atoms with Crippen LogP contribution in [0.2, 0.25) is 0 Å².